The Morgan fingerprint density at radius 2 is 1.54 bits per heavy atom. The molecule has 3 heterocycles. The lowest BCUT2D eigenvalue weighted by molar-refractivity contribution is 0.0141. The van der Waals surface area contributed by atoms with Gasteiger partial charge in [-0.3, -0.25) is 20.5 Å². The van der Waals surface area contributed by atoms with Crippen LogP contribution >= 0.6 is 0 Å². The number of amides is 2. The Balaban J connectivity index is 1.31. The van der Waals surface area contributed by atoms with Gasteiger partial charge in [-0.25, -0.2) is 9.78 Å². The van der Waals surface area contributed by atoms with Crippen LogP contribution in [-0.2, 0) is 4.74 Å². The molecule has 2 aliphatic rings. The molecule has 3 N–H and O–H groups in total. The number of anilines is 3. The highest BCUT2D eigenvalue weighted by Crippen LogP contribution is 2.34. The molecule has 0 aliphatic carbocycles. The molecule has 2 aliphatic heterocycles. The van der Waals surface area contributed by atoms with Gasteiger partial charge < -0.3 is 19.9 Å². The predicted molar refractivity (Wildman–Crippen MR) is 150 cm³/mol. The first-order chi connectivity index (χ1) is 18.6. The maximum Gasteiger partial charge on any atom is 0.410 e. The smallest absolute Gasteiger partial charge is 0.410 e. The largest absolute Gasteiger partial charge is 0.444 e. The van der Waals surface area contributed by atoms with E-state index in [-0.39, 0.29) is 23.7 Å². The van der Waals surface area contributed by atoms with Crippen molar-refractivity contribution in [3.05, 3.63) is 83.6 Å². The van der Waals surface area contributed by atoms with Crippen LogP contribution in [0.1, 0.15) is 42.3 Å². The number of fused-ring (bicyclic) bond motifs is 2. The average molecular weight is 526 g/mol. The van der Waals surface area contributed by atoms with Gasteiger partial charge in [-0.1, -0.05) is 24.3 Å². The molecule has 200 valence electrons. The van der Waals surface area contributed by atoms with Crippen molar-refractivity contribution >= 4 is 40.9 Å². The fourth-order valence-electron chi connectivity index (χ4n) is 4.57. The summed E-state index contributed by atoms with van der Waals surface area (Å²) in [6.07, 6.45) is 1.30. The Morgan fingerprint density at radius 1 is 0.897 bits per heavy atom. The Bertz CT molecular complexity index is 1440. The fourth-order valence-corrected chi connectivity index (χ4v) is 4.57. The number of nitrogens with zero attached hydrogens (tertiary/aromatic N) is 4. The van der Waals surface area contributed by atoms with Crippen LogP contribution in [0.4, 0.5) is 22.0 Å². The Morgan fingerprint density at radius 3 is 2.23 bits per heavy atom. The molecule has 5 rings (SSSR count). The molecule has 0 saturated carbocycles. The van der Waals surface area contributed by atoms with Gasteiger partial charge in [0.05, 0.1) is 11.4 Å². The van der Waals surface area contributed by atoms with Gasteiger partial charge in [-0.2, -0.15) is 0 Å². The van der Waals surface area contributed by atoms with Crippen molar-refractivity contribution < 1.29 is 14.3 Å². The number of hydrogen-bond acceptors (Lipinski definition) is 7. The van der Waals surface area contributed by atoms with Crippen molar-refractivity contribution in [1.82, 2.24) is 14.8 Å². The third-order valence-electron chi connectivity index (χ3n) is 6.53. The van der Waals surface area contributed by atoms with E-state index in [4.69, 9.17) is 15.6 Å². The Hall–Kier alpha value is -4.73. The van der Waals surface area contributed by atoms with Crippen molar-refractivity contribution in [3.8, 4) is 0 Å². The van der Waals surface area contributed by atoms with Gasteiger partial charge in [-0.15, -0.1) is 0 Å². The quantitative estimate of drug-likeness (QED) is 0.329. The number of aromatic nitrogens is 1. The van der Waals surface area contributed by atoms with E-state index in [0.717, 1.165) is 5.69 Å². The number of para-hydroxylation sites is 1. The summed E-state index contributed by atoms with van der Waals surface area (Å²) in [5, 5.41) is 21.2. The summed E-state index contributed by atoms with van der Waals surface area (Å²) in [5.74, 6) is 0.664. The summed E-state index contributed by atoms with van der Waals surface area (Å²) < 4.78 is 5.44. The molecule has 3 aromatic rings. The van der Waals surface area contributed by atoms with Crippen LogP contribution in [0.15, 0.2) is 66.9 Å². The molecule has 2 amide bonds. The van der Waals surface area contributed by atoms with Crippen molar-refractivity contribution in [3.63, 3.8) is 0 Å². The number of nitrogens with one attached hydrogen (secondary N) is 3. The van der Waals surface area contributed by atoms with Crippen molar-refractivity contribution in [2.45, 2.75) is 26.4 Å². The molecule has 0 atom stereocenters. The molecule has 2 aromatic carbocycles. The minimum absolute atomic E-state index is 0.0951. The molecule has 1 aromatic heterocycles. The SMILES string of the molecule is CC(C)(C)OC(=O)N1CCN(C(=O)c2ccc(C(=N)N3C(=N)c4ccccc4Nc4ncccc43)cc2)CC1. The minimum atomic E-state index is -0.566. The summed E-state index contributed by atoms with van der Waals surface area (Å²) in [5.41, 5.74) is 2.47. The lowest BCUT2D eigenvalue weighted by Gasteiger charge is -2.35. The van der Waals surface area contributed by atoms with E-state index in [0.29, 0.717) is 54.4 Å². The molecular formula is C29H31N7O3. The number of ether oxygens (including phenoxy) is 1. The third kappa shape index (κ3) is 5.31. The normalized spacial score (nSPS) is 15.1. The number of carbonyl (C=O) groups is 2. The van der Waals surface area contributed by atoms with Gasteiger partial charge in [0.2, 0.25) is 0 Å². The van der Waals surface area contributed by atoms with Crippen LogP contribution < -0.4 is 10.2 Å². The second-order valence-corrected chi connectivity index (χ2v) is 10.4. The number of rotatable bonds is 2. The van der Waals surface area contributed by atoms with Crippen LogP contribution in [0.2, 0.25) is 0 Å². The van der Waals surface area contributed by atoms with E-state index in [1.165, 1.54) is 0 Å². The molecule has 10 nitrogen and oxygen atoms in total. The summed E-state index contributed by atoms with van der Waals surface area (Å²) >= 11 is 0. The number of carbonyl (C=O) groups excluding carboxylic acids is 2. The number of amidine groups is 2. The number of pyridine rings is 1. The van der Waals surface area contributed by atoms with Crippen molar-refractivity contribution in [2.75, 3.05) is 36.4 Å². The summed E-state index contributed by atoms with van der Waals surface area (Å²) in [6.45, 7) is 7.12. The van der Waals surface area contributed by atoms with E-state index in [9.17, 15) is 9.59 Å². The maximum atomic E-state index is 13.2. The Labute approximate surface area is 227 Å². The van der Waals surface area contributed by atoms with Crippen LogP contribution in [0.3, 0.4) is 0 Å². The van der Waals surface area contributed by atoms with Gasteiger partial charge in [-0.05, 0) is 57.2 Å². The second-order valence-electron chi connectivity index (χ2n) is 10.4. The third-order valence-corrected chi connectivity index (χ3v) is 6.53. The average Bonchev–Trinajstić information content (AvgIpc) is 3.05. The van der Waals surface area contributed by atoms with Crippen molar-refractivity contribution in [1.29, 1.82) is 10.8 Å². The molecule has 0 unspecified atom stereocenters. The Kier molecular flexibility index (Phi) is 6.78. The van der Waals surface area contributed by atoms with Gasteiger partial charge >= 0.3 is 6.09 Å². The second kappa shape index (κ2) is 10.2. The number of hydrogen-bond donors (Lipinski definition) is 3. The fraction of sp³-hybridized carbons (Fsp3) is 0.276. The van der Waals surface area contributed by atoms with E-state index < -0.39 is 5.60 Å². The van der Waals surface area contributed by atoms with Crippen LogP contribution in [-0.4, -0.2) is 70.2 Å². The molecule has 0 radical (unpaired) electrons. The van der Waals surface area contributed by atoms with E-state index in [1.54, 1.807) is 51.2 Å². The standard InChI is InChI=1S/C29H31N7O3/c1-29(2,3)39-28(38)35-17-15-34(16-18-35)27(37)20-12-10-19(11-13-20)24(30)36-23-9-6-14-32-26(23)33-22-8-5-4-7-21(22)25(36)31/h4-14,30-31H,15-18H2,1-3H3,(H,32,33). The van der Waals surface area contributed by atoms with Gasteiger partial charge in [0, 0.05) is 49.1 Å². The molecule has 1 saturated heterocycles. The van der Waals surface area contributed by atoms with Gasteiger partial charge in [0.1, 0.15) is 17.3 Å². The summed E-state index contributed by atoms with van der Waals surface area (Å²) in [7, 11) is 0. The number of benzene rings is 2. The number of piperazine rings is 1. The van der Waals surface area contributed by atoms with Crippen LogP contribution in [0.25, 0.3) is 0 Å². The predicted octanol–water partition coefficient (Wildman–Crippen LogP) is 4.69. The zero-order valence-corrected chi connectivity index (χ0v) is 22.2. The lowest BCUT2D eigenvalue weighted by Crippen LogP contribution is -2.51. The van der Waals surface area contributed by atoms with Gasteiger partial charge in [0.25, 0.3) is 5.91 Å². The molecule has 39 heavy (non-hydrogen) atoms. The highest BCUT2D eigenvalue weighted by Gasteiger charge is 2.30. The topological polar surface area (TPSA) is 126 Å². The van der Waals surface area contributed by atoms with E-state index >= 15 is 0 Å². The van der Waals surface area contributed by atoms with Crippen LogP contribution in [0, 0.1) is 10.8 Å². The van der Waals surface area contributed by atoms with E-state index in [1.807, 2.05) is 51.1 Å². The first-order valence-corrected chi connectivity index (χ1v) is 12.8. The first kappa shape index (κ1) is 25.9. The first-order valence-electron chi connectivity index (χ1n) is 12.8. The monoisotopic (exact) mass is 525 g/mol. The summed E-state index contributed by atoms with van der Waals surface area (Å²) in [6, 6.07) is 17.9. The molecule has 10 heteroatoms. The molecular weight excluding hydrogens is 494 g/mol. The zero-order chi connectivity index (χ0) is 27.7. The maximum absolute atomic E-state index is 13.2. The van der Waals surface area contributed by atoms with Crippen molar-refractivity contribution in [2.24, 2.45) is 0 Å². The molecule has 1 fully saturated rings. The highest BCUT2D eigenvalue weighted by molar-refractivity contribution is 6.30. The zero-order valence-electron chi connectivity index (χ0n) is 22.2. The minimum Gasteiger partial charge on any atom is -0.444 e. The van der Waals surface area contributed by atoms with E-state index in [2.05, 4.69) is 10.3 Å². The van der Waals surface area contributed by atoms with Gasteiger partial charge in [0.15, 0.2) is 5.82 Å². The van der Waals surface area contributed by atoms with Crippen LogP contribution in [0.5, 0.6) is 0 Å². The lowest BCUT2D eigenvalue weighted by atomic mass is 10.1. The molecule has 0 spiro atoms. The molecule has 0 bridgehead atoms. The summed E-state index contributed by atoms with van der Waals surface area (Å²) in [4.78, 5) is 34.8. The highest BCUT2D eigenvalue weighted by atomic mass is 16.6.